The number of carboxylic acid groups (broad SMARTS) is 1. The van der Waals surface area contributed by atoms with Crippen LogP contribution in [0.15, 0.2) is 58.7 Å². The Kier molecular flexibility index (Phi) is 6.49. The van der Waals surface area contributed by atoms with Gasteiger partial charge in [0.15, 0.2) is 5.78 Å². The normalized spacial score (nSPS) is 20.0. The van der Waals surface area contributed by atoms with Gasteiger partial charge in [-0.25, -0.2) is 4.79 Å². The number of carbonyl (C=O) groups excluding carboxylic acids is 1. The molecular formula is C20H26O3. The number of carbonyl (C=O) groups is 2. The molecule has 0 spiro atoms. The molecule has 0 aromatic rings. The van der Waals surface area contributed by atoms with E-state index >= 15 is 0 Å². The van der Waals surface area contributed by atoms with Crippen molar-refractivity contribution >= 4 is 11.8 Å². The number of allylic oxidation sites excluding steroid dienone is 9. The molecule has 0 aromatic carbocycles. The first-order valence-electron chi connectivity index (χ1n) is 7.82. The van der Waals surface area contributed by atoms with Crippen molar-refractivity contribution in [2.45, 2.75) is 47.5 Å². The number of hydrogen-bond acceptors (Lipinski definition) is 2. The van der Waals surface area contributed by atoms with Crippen molar-refractivity contribution in [3.8, 4) is 0 Å². The summed E-state index contributed by atoms with van der Waals surface area (Å²) < 4.78 is 0. The van der Waals surface area contributed by atoms with Gasteiger partial charge < -0.3 is 5.11 Å². The van der Waals surface area contributed by atoms with Crippen molar-refractivity contribution in [2.75, 3.05) is 0 Å². The third-order valence-corrected chi connectivity index (χ3v) is 4.11. The van der Waals surface area contributed by atoms with Crippen LogP contribution in [0.1, 0.15) is 47.5 Å². The van der Waals surface area contributed by atoms with Gasteiger partial charge in [0.2, 0.25) is 0 Å². The molecule has 124 valence electrons. The van der Waals surface area contributed by atoms with Crippen molar-refractivity contribution in [3.05, 3.63) is 58.7 Å². The maximum absolute atomic E-state index is 11.9. The largest absolute Gasteiger partial charge is 0.478 e. The number of aliphatic carboxylic acids is 1. The fourth-order valence-corrected chi connectivity index (χ4v) is 2.62. The Labute approximate surface area is 138 Å². The predicted octanol–water partition coefficient (Wildman–Crippen LogP) is 4.78. The highest BCUT2D eigenvalue weighted by Gasteiger charge is 2.30. The van der Waals surface area contributed by atoms with Crippen molar-refractivity contribution in [1.82, 2.24) is 0 Å². The molecule has 3 nitrogen and oxygen atoms in total. The van der Waals surface area contributed by atoms with Gasteiger partial charge in [0, 0.05) is 12.5 Å². The van der Waals surface area contributed by atoms with Gasteiger partial charge >= 0.3 is 5.97 Å². The van der Waals surface area contributed by atoms with Crippen LogP contribution in [-0.4, -0.2) is 16.9 Å². The lowest BCUT2D eigenvalue weighted by Gasteiger charge is -2.32. The van der Waals surface area contributed by atoms with Gasteiger partial charge in [-0.1, -0.05) is 49.8 Å². The maximum Gasteiger partial charge on any atom is 0.328 e. The van der Waals surface area contributed by atoms with Crippen molar-refractivity contribution in [1.29, 1.82) is 0 Å². The Hall–Kier alpha value is -2.16. The lowest BCUT2D eigenvalue weighted by molar-refractivity contribution is -0.131. The third kappa shape index (κ3) is 5.85. The average Bonchev–Trinajstić information content (AvgIpc) is 2.42. The van der Waals surface area contributed by atoms with E-state index in [0.717, 1.165) is 23.1 Å². The molecule has 0 bridgehead atoms. The van der Waals surface area contributed by atoms with Crippen LogP contribution in [-0.2, 0) is 9.59 Å². The molecule has 1 rings (SSSR count). The van der Waals surface area contributed by atoms with E-state index in [1.165, 1.54) is 6.08 Å². The summed E-state index contributed by atoms with van der Waals surface area (Å²) in [7, 11) is 0. The summed E-state index contributed by atoms with van der Waals surface area (Å²) in [6.45, 7) is 9.96. The quantitative estimate of drug-likeness (QED) is 0.587. The number of Topliss-reactive ketones (excluding diaryl/α,β-unsaturated/α-hetero) is 1. The van der Waals surface area contributed by atoms with Crippen molar-refractivity contribution in [3.63, 3.8) is 0 Å². The standard InChI is InChI=1S/C20H26O3/c1-14(7-6-8-15(2)13-19(22)23)9-10-17-16(3)18(21)11-12-20(17,4)5/h6-10,13H,11-12H2,1-5H3,(H,22,23)/b8-6+,10-9?,14-7?,15-13?. The van der Waals surface area contributed by atoms with Gasteiger partial charge in [-0.3, -0.25) is 4.79 Å². The van der Waals surface area contributed by atoms with Gasteiger partial charge in [0.1, 0.15) is 0 Å². The average molecular weight is 314 g/mol. The number of carboxylic acids is 1. The Bertz CT molecular complexity index is 638. The Morgan fingerprint density at radius 3 is 2.43 bits per heavy atom. The molecular weight excluding hydrogens is 288 g/mol. The SMILES string of the molecule is CC(C=CC1=C(C)C(=O)CCC1(C)C)=C/C=C/C(C)=CC(=O)O. The highest BCUT2D eigenvalue weighted by atomic mass is 16.4. The minimum atomic E-state index is -0.945. The molecule has 0 fully saturated rings. The monoisotopic (exact) mass is 314 g/mol. The smallest absolute Gasteiger partial charge is 0.328 e. The summed E-state index contributed by atoms with van der Waals surface area (Å²) in [6.07, 6.45) is 12.2. The Balaban J connectivity index is 2.89. The zero-order valence-corrected chi connectivity index (χ0v) is 14.6. The molecule has 1 aliphatic carbocycles. The van der Waals surface area contributed by atoms with Crippen LogP contribution in [0, 0.1) is 5.41 Å². The number of ketones is 1. The second-order valence-corrected chi connectivity index (χ2v) is 6.68. The molecule has 23 heavy (non-hydrogen) atoms. The fraction of sp³-hybridized carbons (Fsp3) is 0.400. The van der Waals surface area contributed by atoms with Crippen LogP contribution < -0.4 is 0 Å². The first kappa shape index (κ1) is 18.9. The summed E-state index contributed by atoms with van der Waals surface area (Å²) in [5.41, 5.74) is 3.71. The first-order valence-corrected chi connectivity index (χ1v) is 7.82. The summed E-state index contributed by atoms with van der Waals surface area (Å²) in [4.78, 5) is 22.4. The van der Waals surface area contributed by atoms with Crippen LogP contribution in [0.4, 0.5) is 0 Å². The molecule has 3 heteroatoms. The van der Waals surface area contributed by atoms with E-state index in [0.29, 0.717) is 12.0 Å². The lowest BCUT2D eigenvalue weighted by Crippen LogP contribution is -2.24. The molecule has 0 saturated heterocycles. The van der Waals surface area contributed by atoms with Crippen LogP contribution in [0.25, 0.3) is 0 Å². The molecule has 0 unspecified atom stereocenters. The second-order valence-electron chi connectivity index (χ2n) is 6.68. The van der Waals surface area contributed by atoms with Gasteiger partial charge in [-0.2, -0.15) is 0 Å². The van der Waals surface area contributed by atoms with Crippen molar-refractivity contribution in [2.24, 2.45) is 5.41 Å². The van der Waals surface area contributed by atoms with E-state index in [2.05, 4.69) is 13.8 Å². The van der Waals surface area contributed by atoms with Crippen molar-refractivity contribution < 1.29 is 14.7 Å². The molecule has 0 radical (unpaired) electrons. The summed E-state index contributed by atoms with van der Waals surface area (Å²) in [5, 5.41) is 8.65. The Morgan fingerprint density at radius 1 is 1.17 bits per heavy atom. The second kappa shape index (κ2) is 7.91. The van der Waals surface area contributed by atoms with E-state index in [4.69, 9.17) is 5.11 Å². The first-order chi connectivity index (χ1) is 10.6. The highest BCUT2D eigenvalue weighted by molar-refractivity contribution is 5.97. The maximum atomic E-state index is 11.9. The Morgan fingerprint density at radius 2 is 1.83 bits per heavy atom. The highest BCUT2D eigenvalue weighted by Crippen LogP contribution is 2.39. The zero-order chi connectivity index (χ0) is 17.6. The van der Waals surface area contributed by atoms with Gasteiger partial charge in [0.05, 0.1) is 0 Å². The van der Waals surface area contributed by atoms with Crippen LogP contribution in [0.3, 0.4) is 0 Å². The summed E-state index contributed by atoms with van der Waals surface area (Å²) in [6, 6.07) is 0. The molecule has 0 aliphatic heterocycles. The summed E-state index contributed by atoms with van der Waals surface area (Å²) >= 11 is 0. The minimum Gasteiger partial charge on any atom is -0.478 e. The minimum absolute atomic E-state index is 0.0193. The topological polar surface area (TPSA) is 54.4 Å². The van der Waals surface area contributed by atoms with E-state index < -0.39 is 5.97 Å². The van der Waals surface area contributed by atoms with Gasteiger partial charge in [0.25, 0.3) is 0 Å². The van der Waals surface area contributed by atoms with Gasteiger partial charge in [-0.05, 0) is 49.3 Å². The molecule has 1 N–H and O–H groups in total. The molecule has 0 amide bonds. The van der Waals surface area contributed by atoms with Crippen LogP contribution in [0.5, 0.6) is 0 Å². The van der Waals surface area contributed by atoms with Gasteiger partial charge in [-0.15, -0.1) is 0 Å². The van der Waals surface area contributed by atoms with E-state index in [-0.39, 0.29) is 11.2 Å². The molecule has 1 aliphatic rings. The predicted molar refractivity (Wildman–Crippen MR) is 94.2 cm³/mol. The van der Waals surface area contributed by atoms with Crippen LogP contribution in [0.2, 0.25) is 0 Å². The summed E-state index contributed by atoms with van der Waals surface area (Å²) in [5.74, 6) is -0.709. The van der Waals surface area contributed by atoms with E-state index in [9.17, 15) is 9.59 Å². The molecule has 0 saturated carbocycles. The number of hydrogen-bond donors (Lipinski definition) is 1. The lowest BCUT2D eigenvalue weighted by atomic mass is 9.72. The fourth-order valence-electron chi connectivity index (χ4n) is 2.62. The molecule has 0 heterocycles. The number of rotatable bonds is 5. The zero-order valence-electron chi connectivity index (χ0n) is 14.6. The van der Waals surface area contributed by atoms with E-state index in [1.54, 1.807) is 13.0 Å². The third-order valence-electron chi connectivity index (χ3n) is 4.11. The molecule has 0 aromatic heterocycles. The van der Waals surface area contributed by atoms with Crippen LogP contribution >= 0.6 is 0 Å². The molecule has 0 atom stereocenters. The van der Waals surface area contributed by atoms with E-state index in [1.807, 2.05) is 38.2 Å².